The van der Waals surface area contributed by atoms with Crippen LogP contribution in [0.4, 0.5) is 5.95 Å². The Balaban J connectivity index is 1.82. The van der Waals surface area contributed by atoms with Crippen molar-refractivity contribution in [1.82, 2.24) is 9.97 Å². The number of hydrogen-bond acceptors (Lipinski definition) is 4. The largest absolute Gasteiger partial charge is 0.328 e. The summed E-state index contributed by atoms with van der Waals surface area (Å²) in [5, 5.41) is 3.39. The molecule has 0 atom stereocenters. The van der Waals surface area contributed by atoms with Crippen LogP contribution in [0.1, 0.15) is 49.3 Å². The van der Waals surface area contributed by atoms with E-state index in [4.69, 9.17) is 10.7 Å². The van der Waals surface area contributed by atoms with E-state index < -0.39 is 0 Å². The van der Waals surface area contributed by atoms with Gasteiger partial charge in [-0.2, -0.15) is 0 Å². The number of nitrogens with one attached hydrogen (secondary N) is 1. The third-order valence-electron chi connectivity index (χ3n) is 4.00. The highest BCUT2D eigenvalue weighted by Gasteiger charge is 2.15. The van der Waals surface area contributed by atoms with Crippen molar-refractivity contribution in [2.45, 2.75) is 44.6 Å². The van der Waals surface area contributed by atoms with Gasteiger partial charge in [0.05, 0.1) is 5.69 Å². The summed E-state index contributed by atoms with van der Waals surface area (Å²) < 4.78 is 0. The fraction of sp³-hybridized carbons (Fsp3) is 0.412. The van der Waals surface area contributed by atoms with Crippen LogP contribution in [0, 0.1) is 0 Å². The minimum atomic E-state index is 0.218. The van der Waals surface area contributed by atoms with Crippen LogP contribution in [0.5, 0.6) is 0 Å². The molecule has 0 radical (unpaired) electrons. The van der Waals surface area contributed by atoms with E-state index in [1.54, 1.807) is 0 Å². The van der Waals surface area contributed by atoms with Crippen LogP contribution in [0.25, 0.3) is 0 Å². The molecule has 1 aromatic heterocycles. The van der Waals surface area contributed by atoms with Gasteiger partial charge >= 0.3 is 0 Å². The zero-order valence-corrected chi connectivity index (χ0v) is 12.3. The average Bonchev–Trinajstić information content (AvgIpc) is 2.93. The van der Waals surface area contributed by atoms with Crippen LogP contribution in [0.2, 0.25) is 0 Å². The Morgan fingerprint density at radius 2 is 2.05 bits per heavy atom. The molecular weight excluding hydrogens is 260 g/mol. The Morgan fingerprint density at radius 3 is 2.86 bits per heavy atom. The molecule has 0 spiro atoms. The Morgan fingerprint density at radius 1 is 1.19 bits per heavy atom. The Kier molecular flexibility index (Phi) is 4.46. The van der Waals surface area contributed by atoms with Crippen molar-refractivity contribution in [2.75, 3.05) is 5.32 Å². The summed E-state index contributed by atoms with van der Waals surface area (Å²) in [5.41, 5.74) is 9.08. The molecule has 0 amide bonds. The Hall–Kier alpha value is -1.94. The first-order valence-electron chi connectivity index (χ1n) is 7.74. The van der Waals surface area contributed by atoms with E-state index >= 15 is 0 Å². The van der Waals surface area contributed by atoms with Crippen LogP contribution in [0.15, 0.2) is 42.3 Å². The molecule has 21 heavy (non-hydrogen) atoms. The highest BCUT2D eigenvalue weighted by atomic mass is 15.1. The monoisotopic (exact) mass is 282 g/mol. The van der Waals surface area contributed by atoms with E-state index in [9.17, 15) is 0 Å². The first kappa shape index (κ1) is 14.0. The van der Waals surface area contributed by atoms with Crippen molar-refractivity contribution in [1.29, 1.82) is 0 Å². The van der Waals surface area contributed by atoms with E-state index in [1.807, 2.05) is 18.3 Å². The van der Waals surface area contributed by atoms with Gasteiger partial charge in [-0.05, 0) is 25.7 Å². The molecule has 110 valence electrons. The maximum Gasteiger partial charge on any atom is 0.227 e. The number of hydrogen-bond donors (Lipinski definition) is 2. The molecule has 0 saturated heterocycles. The minimum absolute atomic E-state index is 0.218. The van der Waals surface area contributed by atoms with Gasteiger partial charge in [-0.25, -0.2) is 9.97 Å². The smallest absolute Gasteiger partial charge is 0.227 e. The van der Waals surface area contributed by atoms with E-state index in [2.05, 4.69) is 28.5 Å². The molecule has 0 aliphatic heterocycles. The lowest BCUT2D eigenvalue weighted by atomic mass is 10.0. The number of aromatic nitrogens is 2. The Labute approximate surface area is 125 Å². The van der Waals surface area contributed by atoms with Crippen LogP contribution >= 0.6 is 0 Å². The zero-order valence-electron chi connectivity index (χ0n) is 12.3. The molecule has 4 heteroatoms. The first-order chi connectivity index (χ1) is 10.4. The van der Waals surface area contributed by atoms with Gasteiger partial charge < -0.3 is 11.1 Å². The summed E-state index contributed by atoms with van der Waals surface area (Å²) >= 11 is 0. The Bertz CT molecular complexity index is 574. The summed E-state index contributed by atoms with van der Waals surface area (Å²) in [6, 6.07) is 0. The number of nitrogens with zero attached hydrogens (tertiary/aromatic N) is 2. The summed E-state index contributed by atoms with van der Waals surface area (Å²) in [6.45, 7) is 0.469. The second kappa shape index (κ2) is 6.68. The second-order valence-corrected chi connectivity index (χ2v) is 5.56. The molecule has 3 rings (SSSR count). The van der Waals surface area contributed by atoms with Crippen molar-refractivity contribution in [2.24, 2.45) is 5.73 Å². The standard InChI is InChI=1S/C17H22N4/c18-11-14-12-19-17(20-15-9-3-1-2-4-10-15)21-16(14)13-7-5-6-8-13/h5-9,12-13H,1-4,10-11,18H2,(H,19,20,21). The van der Waals surface area contributed by atoms with E-state index in [1.165, 1.54) is 25.0 Å². The highest BCUT2D eigenvalue weighted by molar-refractivity contribution is 5.41. The van der Waals surface area contributed by atoms with Gasteiger partial charge in [-0.15, -0.1) is 0 Å². The fourth-order valence-electron chi connectivity index (χ4n) is 2.81. The topological polar surface area (TPSA) is 63.8 Å². The summed E-state index contributed by atoms with van der Waals surface area (Å²) in [5.74, 6) is 0.902. The molecule has 0 bridgehead atoms. The molecule has 0 fully saturated rings. The summed E-state index contributed by atoms with van der Waals surface area (Å²) in [7, 11) is 0. The number of rotatable bonds is 4. The summed E-state index contributed by atoms with van der Waals surface area (Å²) in [6.07, 6.45) is 18.5. The van der Waals surface area contributed by atoms with E-state index in [-0.39, 0.29) is 5.92 Å². The van der Waals surface area contributed by atoms with Crippen LogP contribution in [-0.4, -0.2) is 9.97 Å². The predicted octanol–water partition coefficient (Wildman–Crippen LogP) is 3.40. The zero-order chi connectivity index (χ0) is 14.5. The molecule has 2 aliphatic rings. The van der Waals surface area contributed by atoms with Gasteiger partial charge in [0.25, 0.3) is 0 Å². The third kappa shape index (κ3) is 3.39. The van der Waals surface area contributed by atoms with Crippen LogP contribution < -0.4 is 11.1 Å². The van der Waals surface area contributed by atoms with Gasteiger partial charge in [0, 0.05) is 29.9 Å². The molecule has 1 aromatic rings. The molecule has 1 heterocycles. The number of allylic oxidation sites excluding steroid dienone is 6. The van der Waals surface area contributed by atoms with Crippen LogP contribution in [0.3, 0.4) is 0 Å². The highest BCUT2D eigenvalue weighted by Crippen LogP contribution is 2.25. The molecule has 0 saturated carbocycles. The quantitative estimate of drug-likeness (QED) is 0.888. The molecule has 0 aromatic carbocycles. The third-order valence-corrected chi connectivity index (χ3v) is 4.00. The van der Waals surface area contributed by atoms with Crippen molar-refractivity contribution in [3.63, 3.8) is 0 Å². The van der Waals surface area contributed by atoms with E-state index in [0.29, 0.717) is 12.5 Å². The van der Waals surface area contributed by atoms with Crippen molar-refractivity contribution in [3.05, 3.63) is 53.5 Å². The predicted molar refractivity (Wildman–Crippen MR) is 85.7 cm³/mol. The second-order valence-electron chi connectivity index (χ2n) is 5.56. The number of nitrogens with two attached hydrogens (primary N) is 1. The van der Waals surface area contributed by atoms with Gasteiger partial charge in [0.1, 0.15) is 0 Å². The van der Waals surface area contributed by atoms with Crippen molar-refractivity contribution >= 4 is 5.95 Å². The minimum Gasteiger partial charge on any atom is -0.328 e. The van der Waals surface area contributed by atoms with Gasteiger partial charge in [0.2, 0.25) is 5.95 Å². The summed E-state index contributed by atoms with van der Waals surface area (Å²) in [4.78, 5) is 9.12. The molecule has 4 nitrogen and oxygen atoms in total. The van der Waals surface area contributed by atoms with Gasteiger partial charge in [0.15, 0.2) is 0 Å². The first-order valence-corrected chi connectivity index (χ1v) is 7.74. The molecular formula is C17H22N4. The van der Waals surface area contributed by atoms with E-state index in [0.717, 1.165) is 24.1 Å². The lowest BCUT2D eigenvalue weighted by Crippen LogP contribution is -2.11. The SMILES string of the molecule is NCc1cnc(NC2=CCCCCC2)nc1C1C=CC=C1. The maximum atomic E-state index is 5.81. The normalized spacial score (nSPS) is 18.6. The number of anilines is 1. The van der Waals surface area contributed by atoms with Gasteiger partial charge in [-0.1, -0.05) is 36.8 Å². The van der Waals surface area contributed by atoms with Crippen LogP contribution in [-0.2, 0) is 6.54 Å². The molecule has 0 unspecified atom stereocenters. The maximum absolute atomic E-state index is 5.81. The van der Waals surface area contributed by atoms with Crippen molar-refractivity contribution in [3.8, 4) is 0 Å². The molecule has 2 aliphatic carbocycles. The van der Waals surface area contributed by atoms with Gasteiger partial charge in [-0.3, -0.25) is 0 Å². The van der Waals surface area contributed by atoms with Crippen molar-refractivity contribution < 1.29 is 0 Å². The average molecular weight is 282 g/mol. The lowest BCUT2D eigenvalue weighted by molar-refractivity contribution is 0.711. The fourth-order valence-corrected chi connectivity index (χ4v) is 2.81. The molecule has 3 N–H and O–H groups in total. The lowest BCUT2D eigenvalue weighted by Gasteiger charge is -2.14.